The number of hydrogen-bond acceptors (Lipinski definition) is 2. The highest BCUT2D eigenvalue weighted by atomic mass is 16.0. The van der Waals surface area contributed by atoms with Gasteiger partial charge in [-0.1, -0.05) is 70.4 Å². The Kier molecular flexibility index (Phi) is 18.1. The molecule has 0 bridgehead atoms. The summed E-state index contributed by atoms with van der Waals surface area (Å²) in [6.07, 6.45) is 26.4. The highest BCUT2D eigenvalue weighted by Crippen LogP contribution is 2.09. The van der Waals surface area contributed by atoms with E-state index in [1.165, 1.54) is 103 Å². The van der Waals surface area contributed by atoms with E-state index in [1.807, 2.05) is 0 Å². The molecule has 0 aromatic carbocycles. The van der Waals surface area contributed by atoms with Gasteiger partial charge in [0.2, 0.25) is 0 Å². The number of quaternary nitrogens is 1. The fourth-order valence-corrected chi connectivity index (χ4v) is 3.26. The third-order valence-corrected chi connectivity index (χ3v) is 4.85. The van der Waals surface area contributed by atoms with Crippen LogP contribution in [0.15, 0.2) is 17.1 Å². The fourth-order valence-electron chi connectivity index (χ4n) is 3.26. The van der Waals surface area contributed by atoms with Gasteiger partial charge >= 0.3 is 0 Å². The number of rotatable bonds is 16. The molecule has 1 rings (SSSR count). The molecule has 2 N–H and O–H groups in total. The van der Waals surface area contributed by atoms with Gasteiger partial charge in [-0.05, 0) is 38.5 Å². The lowest BCUT2D eigenvalue weighted by molar-refractivity contribution is -0.791. The van der Waals surface area contributed by atoms with Gasteiger partial charge in [-0.15, -0.1) is 0 Å². The van der Waals surface area contributed by atoms with Gasteiger partial charge in [0.05, 0.1) is 13.1 Å². The second-order valence-electron chi connectivity index (χ2n) is 7.13. The molecule has 0 aromatic rings. The van der Waals surface area contributed by atoms with E-state index in [0.717, 1.165) is 6.54 Å². The van der Waals surface area contributed by atoms with Crippen LogP contribution in [0, 0.1) is 0 Å². The number of nitrogens with one attached hydrogen (secondary N) is 1. The lowest BCUT2D eigenvalue weighted by atomic mass is 10.1. The van der Waals surface area contributed by atoms with E-state index in [9.17, 15) is 0 Å². The molecule has 0 saturated carbocycles. The molecular weight excluding hydrogens is 296 g/mol. The Morgan fingerprint density at radius 3 is 1.88 bits per heavy atom. The van der Waals surface area contributed by atoms with E-state index >= 15 is 0 Å². The maximum atomic E-state index is 4.29. The fraction of sp³-hybridized carbons (Fsp3) is 0.857. The Labute approximate surface area is 150 Å². The Bertz CT molecular complexity index is 302. The van der Waals surface area contributed by atoms with E-state index < -0.39 is 0 Å². The number of unbranched alkanes of at least 4 members (excludes halogenated alkanes) is 12. The second-order valence-corrected chi connectivity index (χ2v) is 7.13. The van der Waals surface area contributed by atoms with Crippen LogP contribution in [0.1, 0.15) is 96.8 Å². The first-order chi connectivity index (χ1) is 11.4. The van der Waals surface area contributed by atoms with Crippen LogP contribution in [0.2, 0.25) is 0 Å². The summed E-state index contributed by atoms with van der Waals surface area (Å²) in [4.78, 5) is 5.87. The molecule has 1 heterocycles. The standard InChI is InChI=1S/C21H40N2.H2O/c1-2-3-4-5-6-7-8-9-10-11-12-13-14-15-16-17-19-23-20-18-22-21-23;/h9-10,21H,2-8,11-20H2,1H3;1H2/b10-9-;. The first kappa shape index (κ1) is 23.3. The predicted octanol–water partition coefficient (Wildman–Crippen LogP) is 4.77. The summed E-state index contributed by atoms with van der Waals surface area (Å²) in [5, 5.41) is 0. The summed E-state index contributed by atoms with van der Waals surface area (Å²) >= 11 is 0. The van der Waals surface area contributed by atoms with Gasteiger partial charge in [-0.25, -0.2) is 4.99 Å². The summed E-state index contributed by atoms with van der Waals surface area (Å²) in [6.45, 7) is 5.85. The van der Waals surface area contributed by atoms with E-state index in [-0.39, 0.29) is 5.48 Å². The van der Waals surface area contributed by atoms with Crippen molar-refractivity contribution in [2.24, 2.45) is 4.99 Å². The van der Waals surface area contributed by atoms with Crippen molar-refractivity contribution in [3.63, 3.8) is 0 Å². The van der Waals surface area contributed by atoms with E-state index in [0.29, 0.717) is 0 Å². The van der Waals surface area contributed by atoms with Crippen LogP contribution < -0.4 is 4.90 Å². The molecule has 0 aliphatic carbocycles. The van der Waals surface area contributed by atoms with Gasteiger partial charge < -0.3 is 5.48 Å². The van der Waals surface area contributed by atoms with Crippen molar-refractivity contribution in [1.82, 2.24) is 0 Å². The van der Waals surface area contributed by atoms with Crippen LogP contribution in [-0.2, 0) is 0 Å². The highest BCUT2D eigenvalue weighted by Gasteiger charge is 2.08. The van der Waals surface area contributed by atoms with E-state index in [2.05, 4.69) is 30.4 Å². The first-order valence-electron chi connectivity index (χ1n) is 10.4. The number of aliphatic imine (C=N–C) groups is 1. The largest absolute Gasteiger partial charge is 0.870 e. The average molecular weight is 339 g/mol. The van der Waals surface area contributed by atoms with Crippen molar-refractivity contribution in [2.45, 2.75) is 96.8 Å². The normalized spacial score (nSPS) is 16.8. The lowest BCUT2D eigenvalue weighted by Crippen LogP contribution is -3.09. The first-order valence-corrected chi connectivity index (χ1v) is 10.4. The molecular formula is C21H42N2O. The maximum absolute atomic E-state index is 4.29. The summed E-state index contributed by atoms with van der Waals surface area (Å²) in [6, 6.07) is 0. The highest BCUT2D eigenvalue weighted by molar-refractivity contribution is 5.44. The SMILES string of the molecule is CCCCCCCC/C=C\CCCCCCCC[NH+]1C=NCC1.[OH-]. The zero-order chi connectivity index (χ0) is 16.4. The molecule has 0 spiro atoms. The van der Waals surface area contributed by atoms with Gasteiger partial charge in [0, 0.05) is 0 Å². The molecule has 1 aliphatic heterocycles. The van der Waals surface area contributed by atoms with E-state index in [1.54, 1.807) is 4.90 Å². The smallest absolute Gasteiger partial charge is 0.183 e. The topological polar surface area (TPSA) is 46.8 Å². The molecule has 1 atom stereocenters. The minimum Gasteiger partial charge on any atom is -0.870 e. The Morgan fingerprint density at radius 1 is 0.792 bits per heavy atom. The van der Waals surface area contributed by atoms with Crippen molar-refractivity contribution in [3.8, 4) is 0 Å². The molecule has 0 saturated heterocycles. The van der Waals surface area contributed by atoms with Crippen LogP contribution in [0.3, 0.4) is 0 Å². The average Bonchev–Trinajstić information content (AvgIpc) is 3.08. The van der Waals surface area contributed by atoms with Gasteiger partial charge in [-0.2, -0.15) is 0 Å². The van der Waals surface area contributed by atoms with Crippen molar-refractivity contribution >= 4 is 6.34 Å². The second kappa shape index (κ2) is 18.7. The van der Waals surface area contributed by atoms with Crippen molar-refractivity contribution in [1.29, 1.82) is 0 Å². The minimum atomic E-state index is 0. The zero-order valence-corrected chi connectivity index (χ0v) is 16.1. The minimum absolute atomic E-state index is 0. The monoisotopic (exact) mass is 338 g/mol. The van der Waals surface area contributed by atoms with Gasteiger partial charge in [-0.3, -0.25) is 4.90 Å². The molecule has 1 aliphatic rings. The Morgan fingerprint density at radius 2 is 1.33 bits per heavy atom. The van der Waals surface area contributed by atoms with E-state index in [4.69, 9.17) is 0 Å². The molecule has 24 heavy (non-hydrogen) atoms. The molecule has 0 aromatic heterocycles. The quantitative estimate of drug-likeness (QED) is 0.320. The zero-order valence-electron chi connectivity index (χ0n) is 16.1. The van der Waals surface area contributed by atoms with Crippen LogP contribution >= 0.6 is 0 Å². The van der Waals surface area contributed by atoms with Crippen LogP contribution in [0.25, 0.3) is 0 Å². The maximum Gasteiger partial charge on any atom is 0.183 e. The third-order valence-electron chi connectivity index (χ3n) is 4.85. The lowest BCUT2D eigenvalue weighted by Gasteiger charge is -2.07. The van der Waals surface area contributed by atoms with Crippen LogP contribution in [0.4, 0.5) is 0 Å². The molecule has 0 amide bonds. The molecule has 0 fully saturated rings. The van der Waals surface area contributed by atoms with Crippen molar-refractivity contribution < 1.29 is 10.4 Å². The van der Waals surface area contributed by atoms with Gasteiger partial charge in [0.25, 0.3) is 0 Å². The number of nitrogens with zero attached hydrogens (tertiary/aromatic N) is 1. The van der Waals surface area contributed by atoms with Gasteiger partial charge in [0.1, 0.15) is 6.54 Å². The number of hydrogen-bond donors (Lipinski definition) is 1. The Balaban J connectivity index is 0.00000529. The Hall–Kier alpha value is -0.670. The molecule has 3 nitrogen and oxygen atoms in total. The van der Waals surface area contributed by atoms with Crippen LogP contribution in [0.5, 0.6) is 0 Å². The molecule has 142 valence electrons. The summed E-state index contributed by atoms with van der Waals surface area (Å²) in [5.74, 6) is 0. The van der Waals surface area contributed by atoms with Crippen molar-refractivity contribution in [2.75, 3.05) is 19.6 Å². The number of allylic oxidation sites excluding steroid dienone is 2. The third kappa shape index (κ3) is 14.9. The molecule has 0 radical (unpaired) electrons. The summed E-state index contributed by atoms with van der Waals surface area (Å²) in [5.41, 5.74) is 0. The summed E-state index contributed by atoms with van der Waals surface area (Å²) in [7, 11) is 0. The predicted molar refractivity (Wildman–Crippen MR) is 105 cm³/mol. The van der Waals surface area contributed by atoms with Crippen molar-refractivity contribution in [3.05, 3.63) is 12.2 Å². The molecule has 3 heteroatoms. The van der Waals surface area contributed by atoms with Crippen LogP contribution in [-0.4, -0.2) is 31.4 Å². The molecule has 1 unspecified atom stereocenters. The summed E-state index contributed by atoms with van der Waals surface area (Å²) < 4.78 is 0. The van der Waals surface area contributed by atoms with Gasteiger partial charge in [0.15, 0.2) is 6.34 Å².